The molecule has 2 rings (SSSR count). The predicted octanol–water partition coefficient (Wildman–Crippen LogP) is 9.76. The maximum Gasteiger partial charge on any atom is 0.167 e. The molecule has 0 heterocycles. The topological polar surface area (TPSA) is 44.9 Å². The molecule has 0 radical (unpaired) electrons. The molecule has 0 fully saturated rings. The Morgan fingerprint density at radius 2 is 1.69 bits per heavy atom. The van der Waals surface area contributed by atoms with Crippen molar-refractivity contribution in [1.29, 1.82) is 0 Å². The lowest BCUT2D eigenvalue weighted by molar-refractivity contribution is 0.648. The normalized spacial score (nSPS) is 13.5. The van der Waals surface area contributed by atoms with Crippen LogP contribution in [0, 0.1) is 5.92 Å². The Morgan fingerprint density at radius 3 is 2.15 bits per heavy atom. The summed E-state index contributed by atoms with van der Waals surface area (Å²) in [6.45, 7) is 18.7. The fraction of sp³-hybridized carbons (Fsp3) is 0.441. The highest BCUT2D eigenvalue weighted by Gasteiger charge is 2.19. The molecule has 2 N–H and O–H groups in total. The maximum atomic E-state index is 5.37. The third kappa shape index (κ3) is 14.7. The van der Waals surface area contributed by atoms with Gasteiger partial charge in [0.25, 0.3) is 0 Å². The molecular weight excluding hydrogens is 496 g/mol. The molecule has 1 unspecified atom stereocenters. The summed E-state index contributed by atoms with van der Waals surface area (Å²) in [5.74, 6) is 0.419. The number of hydrogen-bond donors (Lipinski definition) is 1. The van der Waals surface area contributed by atoms with Gasteiger partial charge in [0.15, 0.2) is 5.17 Å². The maximum absolute atomic E-state index is 5.37. The van der Waals surface area contributed by atoms with E-state index in [0.717, 1.165) is 35.8 Å². The summed E-state index contributed by atoms with van der Waals surface area (Å²) in [5.41, 5.74) is 11.3. The fourth-order valence-electron chi connectivity index (χ4n) is 3.40. The minimum atomic E-state index is 0.419. The van der Waals surface area contributed by atoms with E-state index in [1.54, 1.807) is 18.0 Å². The molecular formula is C34H56N4S. The lowest BCUT2D eigenvalue weighted by atomic mass is 10.0. The van der Waals surface area contributed by atoms with Crippen molar-refractivity contribution >= 4 is 28.3 Å². The highest BCUT2D eigenvalue weighted by atomic mass is 32.2. The molecule has 1 aliphatic carbocycles. The molecule has 4 nitrogen and oxygen atoms in total. The van der Waals surface area contributed by atoms with E-state index in [2.05, 4.69) is 95.9 Å². The van der Waals surface area contributed by atoms with Gasteiger partial charge in [0.05, 0.1) is 0 Å². The first kappa shape index (κ1) is 38.2. The Kier molecular flexibility index (Phi) is 23.7. The summed E-state index contributed by atoms with van der Waals surface area (Å²) >= 11 is 1.64. The van der Waals surface area contributed by atoms with Gasteiger partial charge in [-0.05, 0) is 86.0 Å². The number of allylic oxidation sites excluding steroid dienone is 10. The van der Waals surface area contributed by atoms with Gasteiger partial charge in [-0.25, -0.2) is 0 Å². The summed E-state index contributed by atoms with van der Waals surface area (Å²) in [6, 6.07) is 8.51. The van der Waals surface area contributed by atoms with Crippen molar-refractivity contribution in [2.75, 3.05) is 37.2 Å². The van der Waals surface area contributed by atoms with E-state index >= 15 is 0 Å². The zero-order valence-corrected chi connectivity index (χ0v) is 27.5. The third-order valence-corrected chi connectivity index (χ3v) is 6.53. The molecule has 5 heteroatoms. The quantitative estimate of drug-likeness (QED) is 0.198. The van der Waals surface area contributed by atoms with Crippen LogP contribution in [-0.4, -0.2) is 32.6 Å². The average molecular weight is 553 g/mol. The zero-order chi connectivity index (χ0) is 30.2. The first-order valence-corrected chi connectivity index (χ1v) is 15.4. The lowest BCUT2D eigenvalue weighted by Gasteiger charge is -2.30. The van der Waals surface area contributed by atoms with Crippen molar-refractivity contribution in [2.45, 2.75) is 67.7 Å². The van der Waals surface area contributed by atoms with E-state index in [1.165, 1.54) is 16.8 Å². The third-order valence-electron chi connectivity index (χ3n) is 5.80. The van der Waals surface area contributed by atoms with Crippen LogP contribution in [0.15, 0.2) is 101 Å². The Morgan fingerprint density at radius 1 is 1.10 bits per heavy atom. The molecule has 0 saturated carbocycles. The minimum Gasteiger partial charge on any atom is -0.405 e. The molecule has 0 spiro atoms. The second kappa shape index (κ2) is 24.1. The van der Waals surface area contributed by atoms with Gasteiger partial charge in [0.1, 0.15) is 0 Å². The number of amidine groups is 1. The van der Waals surface area contributed by atoms with Crippen molar-refractivity contribution in [3.8, 4) is 0 Å². The van der Waals surface area contributed by atoms with E-state index in [0.29, 0.717) is 5.92 Å². The minimum absolute atomic E-state index is 0.419. The van der Waals surface area contributed by atoms with Gasteiger partial charge in [0, 0.05) is 38.2 Å². The summed E-state index contributed by atoms with van der Waals surface area (Å²) in [4.78, 5) is 8.68. The number of thioether (sulfide) groups is 1. The van der Waals surface area contributed by atoms with Crippen LogP contribution >= 0.6 is 11.8 Å². The highest BCUT2D eigenvalue weighted by Crippen LogP contribution is 2.29. The van der Waals surface area contributed by atoms with Gasteiger partial charge in [-0.2, -0.15) is 0 Å². The van der Waals surface area contributed by atoms with Gasteiger partial charge in [-0.3, -0.25) is 9.89 Å². The summed E-state index contributed by atoms with van der Waals surface area (Å²) < 4.78 is 0. The van der Waals surface area contributed by atoms with Crippen molar-refractivity contribution < 1.29 is 0 Å². The van der Waals surface area contributed by atoms with E-state index in [1.807, 2.05) is 68.1 Å². The largest absolute Gasteiger partial charge is 0.405 e. The van der Waals surface area contributed by atoms with Crippen LogP contribution in [0.1, 0.15) is 67.7 Å². The van der Waals surface area contributed by atoms with Crippen LogP contribution in [0.25, 0.3) is 0 Å². The van der Waals surface area contributed by atoms with Crippen LogP contribution in [0.2, 0.25) is 0 Å². The van der Waals surface area contributed by atoms with E-state index in [-0.39, 0.29) is 0 Å². The molecule has 218 valence electrons. The molecule has 1 aliphatic rings. The number of aliphatic imine (C=N–C) groups is 1. The highest BCUT2D eigenvalue weighted by molar-refractivity contribution is 8.13. The first-order valence-electron chi connectivity index (χ1n) is 14.2. The Labute approximate surface area is 245 Å². The predicted molar refractivity (Wildman–Crippen MR) is 184 cm³/mol. The van der Waals surface area contributed by atoms with Crippen LogP contribution in [0.5, 0.6) is 0 Å². The molecule has 0 aliphatic heterocycles. The smallest absolute Gasteiger partial charge is 0.167 e. The number of rotatable bonds is 8. The molecule has 1 atom stereocenters. The molecule has 39 heavy (non-hydrogen) atoms. The fourth-order valence-corrected chi connectivity index (χ4v) is 3.98. The Balaban J connectivity index is 0. The molecule has 0 saturated heterocycles. The summed E-state index contributed by atoms with van der Waals surface area (Å²) in [5, 5.41) is 0.970. The number of hydrogen-bond acceptors (Lipinski definition) is 4. The van der Waals surface area contributed by atoms with Crippen LogP contribution in [0.3, 0.4) is 0 Å². The number of nitrogens with two attached hydrogens (primary N) is 1. The van der Waals surface area contributed by atoms with Gasteiger partial charge in [-0.15, -0.1) is 0 Å². The molecule has 1 aromatic rings. The number of anilines is 2. The zero-order valence-electron chi connectivity index (χ0n) is 26.7. The van der Waals surface area contributed by atoms with Gasteiger partial charge >= 0.3 is 0 Å². The van der Waals surface area contributed by atoms with Crippen molar-refractivity contribution in [3.05, 3.63) is 96.4 Å². The van der Waals surface area contributed by atoms with Gasteiger partial charge < -0.3 is 10.6 Å². The molecule has 1 aromatic carbocycles. The van der Waals surface area contributed by atoms with Crippen molar-refractivity contribution in [1.82, 2.24) is 0 Å². The average Bonchev–Trinajstić information content (AvgIpc) is 3.26. The molecule has 0 amide bonds. The Bertz CT molecular complexity index is 963. The van der Waals surface area contributed by atoms with Gasteiger partial charge in [0.2, 0.25) is 0 Å². The van der Waals surface area contributed by atoms with Crippen LogP contribution in [0.4, 0.5) is 11.4 Å². The summed E-state index contributed by atoms with van der Waals surface area (Å²) in [6.07, 6.45) is 21.5. The summed E-state index contributed by atoms with van der Waals surface area (Å²) in [7, 11) is 5.92. The molecule has 0 bridgehead atoms. The standard InChI is InChI=1S/C17H27N3S.C13H17N.2C2H6/c1-8-13(2)14(3)20(17(18-4)21-7)16-11-9-15(10-12-16)19(5)6;1-2-12(9-10-14)11-13-7-5-3-4-6-8-13;2*1-2/h9-13H,3,8H2,1-2,4-7H3;2-3,5-10H,4,11,14H2,1H3;2*1-2H3/b;10-9-,12-2+;;. The van der Waals surface area contributed by atoms with E-state index < -0.39 is 0 Å². The van der Waals surface area contributed by atoms with Gasteiger partial charge in [-0.1, -0.05) is 96.3 Å². The van der Waals surface area contributed by atoms with Crippen LogP contribution in [-0.2, 0) is 0 Å². The molecule has 0 aromatic heterocycles. The van der Waals surface area contributed by atoms with Crippen molar-refractivity contribution in [2.24, 2.45) is 16.6 Å². The SMILES string of the molecule is C/C=C(\C=C/N)CC1=CC=CCC=C1.C=C(C(C)CC)N(C(=NC)SC)c1ccc(N(C)C)cc1.CC.CC. The Hall–Kier alpha value is -2.92. The lowest BCUT2D eigenvalue weighted by Crippen LogP contribution is -2.30. The van der Waals surface area contributed by atoms with Crippen LogP contribution < -0.4 is 15.5 Å². The first-order chi connectivity index (χ1) is 18.8. The second-order valence-corrected chi connectivity index (χ2v) is 9.24. The van der Waals surface area contributed by atoms with Crippen molar-refractivity contribution in [3.63, 3.8) is 0 Å². The second-order valence-electron chi connectivity index (χ2n) is 8.46. The van der Waals surface area contributed by atoms with E-state index in [4.69, 9.17) is 5.73 Å². The number of benzene rings is 1. The monoisotopic (exact) mass is 552 g/mol. The number of nitrogens with zero attached hydrogens (tertiary/aromatic N) is 3. The van der Waals surface area contributed by atoms with E-state index in [9.17, 15) is 0 Å².